The fourth-order valence-corrected chi connectivity index (χ4v) is 3.50. The zero-order chi connectivity index (χ0) is 19.0. The highest BCUT2D eigenvalue weighted by atomic mass is 16.5. The largest absolute Gasteiger partial charge is 0.497 e. The van der Waals surface area contributed by atoms with Crippen LogP contribution in [-0.2, 0) is 6.54 Å². The molecule has 0 aliphatic carbocycles. The molecule has 5 nitrogen and oxygen atoms in total. The predicted octanol–water partition coefficient (Wildman–Crippen LogP) is 4.42. The highest BCUT2D eigenvalue weighted by Crippen LogP contribution is 2.36. The van der Waals surface area contributed by atoms with Crippen LogP contribution in [0.5, 0.6) is 11.5 Å². The molecule has 5 heteroatoms. The lowest BCUT2D eigenvalue weighted by Crippen LogP contribution is -2.38. The second-order valence-corrected chi connectivity index (χ2v) is 6.90. The number of methoxy groups -OCH3 is 1. The van der Waals surface area contributed by atoms with Crippen LogP contribution in [0.15, 0.2) is 51.7 Å². The van der Waals surface area contributed by atoms with Gasteiger partial charge in [0.1, 0.15) is 23.8 Å². The Bertz CT molecular complexity index is 1020. The normalized spacial score (nSPS) is 15.2. The quantitative estimate of drug-likeness (QED) is 0.641. The molecular weight excluding hydrogens is 342 g/mol. The van der Waals surface area contributed by atoms with Crippen molar-refractivity contribution >= 4 is 11.0 Å². The van der Waals surface area contributed by atoms with E-state index in [-0.39, 0.29) is 5.63 Å². The summed E-state index contributed by atoms with van der Waals surface area (Å²) in [4.78, 5) is 14.6. The van der Waals surface area contributed by atoms with Crippen LogP contribution in [0.2, 0.25) is 0 Å². The Labute approximate surface area is 158 Å². The summed E-state index contributed by atoms with van der Waals surface area (Å²) in [7, 11) is 1.64. The summed E-state index contributed by atoms with van der Waals surface area (Å²) in [5.41, 5.74) is 2.99. The van der Waals surface area contributed by atoms with Crippen LogP contribution in [0.4, 0.5) is 0 Å². The van der Waals surface area contributed by atoms with Crippen molar-refractivity contribution in [2.75, 3.05) is 13.8 Å². The second kappa shape index (κ2) is 7.08. The van der Waals surface area contributed by atoms with Crippen LogP contribution in [-0.4, -0.2) is 24.8 Å². The molecular formula is C22H23NO4. The Balaban J connectivity index is 1.87. The molecule has 1 aromatic heterocycles. The molecule has 4 rings (SSSR count). The van der Waals surface area contributed by atoms with Gasteiger partial charge in [0.05, 0.1) is 12.7 Å². The average Bonchev–Trinajstić information content (AvgIpc) is 2.72. The zero-order valence-electron chi connectivity index (χ0n) is 15.8. The van der Waals surface area contributed by atoms with Crippen molar-refractivity contribution in [1.82, 2.24) is 4.90 Å². The van der Waals surface area contributed by atoms with Crippen LogP contribution >= 0.6 is 0 Å². The highest BCUT2D eigenvalue weighted by molar-refractivity contribution is 5.95. The van der Waals surface area contributed by atoms with Gasteiger partial charge in [-0.3, -0.25) is 4.90 Å². The maximum absolute atomic E-state index is 12.3. The van der Waals surface area contributed by atoms with Gasteiger partial charge in [0, 0.05) is 24.0 Å². The van der Waals surface area contributed by atoms with Crippen molar-refractivity contribution in [3.05, 3.63) is 58.4 Å². The van der Waals surface area contributed by atoms with Gasteiger partial charge in [-0.25, -0.2) is 4.79 Å². The van der Waals surface area contributed by atoms with E-state index in [0.29, 0.717) is 24.9 Å². The van der Waals surface area contributed by atoms with Gasteiger partial charge >= 0.3 is 5.63 Å². The molecule has 0 fully saturated rings. The lowest BCUT2D eigenvalue weighted by atomic mass is 9.99. The fraction of sp³-hybridized carbons (Fsp3) is 0.318. The minimum Gasteiger partial charge on any atom is -0.497 e. The summed E-state index contributed by atoms with van der Waals surface area (Å²) < 4.78 is 16.8. The third-order valence-electron chi connectivity index (χ3n) is 5.33. The molecule has 1 aliphatic heterocycles. The Morgan fingerprint density at radius 2 is 1.96 bits per heavy atom. The number of hydrogen-bond donors (Lipinski definition) is 0. The molecule has 0 amide bonds. The van der Waals surface area contributed by atoms with E-state index in [1.54, 1.807) is 13.2 Å². The number of rotatable bonds is 4. The molecule has 0 spiro atoms. The van der Waals surface area contributed by atoms with Crippen molar-refractivity contribution in [3.8, 4) is 22.6 Å². The molecule has 1 unspecified atom stereocenters. The van der Waals surface area contributed by atoms with Crippen LogP contribution in [0.1, 0.15) is 25.8 Å². The van der Waals surface area contributed by atoms with Gasteiger partial charge in [-0.05, 0) is 48.7 Å². The van der Waals surface area contributed by atoms with E-state index in [9.17, 15) is 4.79 Å². The van der Waals surface area contributed by atoms with E-state index >= 15 is 0 Å². The third kappa shape index (κ3) is 3.19. The van der Waals surface area contributed by atoms with Gasteiger partial charge in [-0.1, -0.05) is 19.1 Å². The summed E-state index contributed by atoms with van der Waals surface area (Å²) >= 11 is 0. The molecule has 27 heavy (non-hydrogen) atoms. The van der Waals surface area contributed by atoms with Crippen LogP contribution < -0.4 is 15.1 Å². The molecule has 0 saturated carbocycles. The first-order valence-corrected chi connectivity index (χ1v) is 9.21. The van der Waals surface area contributed by atoms with Gasteiger partial charge in [0.25, 0.3) is 0 Å². The van der Waals surface area contributed by atoms with Crippen molar-refractivity contribution in [2.24, 2.45) is 0 Å². The van der Waals surface area contributed by atoms with Gasteiger partial charge in [-0.15, -0.1) is 0 Å². The van der Waals surface area contributed by atoms with Crippen molar-refractivity contribution < 1.29 is 13.9 Å². The second-order valence-electron chi connectivity index (χ2n) is 6.90. The maximum atomic E-state index is 12.3. The van der Waals surface area contributed by atoms with E-state index < -0.39 is 0 Å². The third-order valence-corrected chi connectivity index (χ3v) is 5.33. The summed E-state index contributed by atoms with van der Waals surface area (Å²) in [5, 5.41) is 0.910. The lowest BCUT2D eigenvalue weighted by molar-refractivity contribution is 0.0609. The standard InChI is InChI=1S/C22H23NO4/c1-4-14(2)23-12-19-20(26-13-23)10-9-17-18(11-21(24)27-22(17)19)15-5-7-16(25-3)8-6-15/h5-11,14H,4,12-13H2,1-3H3. The smallest absolute Gasteiger partial charge is 0.336 e. The van der Waals surface area contributed by atoms with Crippen LogP contribution in [0, 0.1) is 0 Å². The summed E-state index contributed by atoms with van der Waals surface area (Å²) in [6, 6.07) is 13.6. The number of benzene rings is 2. The first kappa shape index (κ1) is 17.6. The molecule has 3 aromatic rings. The van der Waals surface area contributed by atoms with Gasteiger partial charge in [0.2, 0.25) is 0 Å². The van der Waals surface area contributed by atoms with Crippen molar-refractivity contribution in [1.29, 1.82) is 0 Å². The highest BCUT2D eigenvalue weighted by Gasteiger charge is 2.25. The summed E-state index contributed by atoms with van der Waals surface area (Å²) in [6.07, 6.45) is 1.03. The average molecular weight is 365 g/mol. The molecule has 2 aromatic carbocycles. The Morgan fingerprint density at radius 1 is 1.19 bits per heavy atom. The minimum absolute atomic E-state index is 0.359. The zero-order valence-corrected chi connectivity index (χ0v) is 15.8. The Morgan fingerprint density at radius 3 is 2.67 bits per heavy atom. The molecule has 2 heterocycles. The van der Waals surface area contributed by atoms with Crippen molar-refractivity contribution in [3.63, 3.8) is 0 Å². The summed E-state index contributed by atoms with van der Waals surface area (Å²) in [6.45, 7) is 5.59. The SMILES string of the molecule is CCC(C)N1COc2ccc3c(-c4ccc(OC)cc4)cc(=O)oc3c2C1. The topological polar surface area (TPSA) is 51.9 Å². The van der Waals surface area contributed by atoms with Gasteiger partial charge < -0.3 is 13.9 Å². The molecule has 0 N–H and O–H groups in total. The van der Waals surface area contributed by atoms with E-state index in [4.69, 9.17) is 13.9 Å². The maximum Gasteiger partial charge on any atom is 0.336 e. The molecule has 0 radical (unpaired) electrons. The van der Waals surface area contributed by atoms with Gasteiger partial charge in [-0.2, -0.15) is 0 Å². The van der Waals surface area contributed by atoms with Crippen LogP contribution in [0.3, 0.4) is 0 Å². The Kier molecular flexibility index (Phi) is 4.62. The van der Waals surface area contributed by atoms with Crippen LogP contribution in [0.25, 0.3) is 22.1 Å². The molecule has 0 bridgehead atoms. The predicted molar refractivity (Wildman–Crippen MR) is 105 cm³/mol. The molecule has 1 atom stereocenters. The van der Waals surface area contributed by atoms with E-state index in [2.05, 4.69) is 18.7 Å². The first-order valence-electron chi connectivity index (χ1n) is 9.21. The lowest BCUT2D eigenvalue weighted by Gasteiger charge is -2.33. The number of hydrogen-bond acceptors (Lipinski definition) is 5. The number of ether oxygens (including phenoxy) is 2. The van der Waals surface area contributed by atoms with E-state index in [1.165, 1.54) is 0 Å². The van der Waals surface area contributed by atoms with Gasteiger partial charge in [0.15, 0.2) is 0 Å². The molecule has 1 aliphatic rings. The van der Waals surface area contributed by atoms with E-state index in [1.807, 2.05) is 36.4 Å². The minimum atomic E-state index is -0.359. The molecule has 0 saturated heterocycles. The fourth-order valence-electron chi connectivity index (χ4n) is 3.50. The number of fused-ring (bicyclic) bond motifs is 3. The number of nitrogens with zero attached hydrogens (tertiary/aromatic N) is 1. The van der Waals surface area contributed by atoms with E-state index in [0.717, 1.165) is 40.0 Å². The first-order chi connectivity index (χ1) is 13.1. The monoisotopic (exact) mass is 365 g/mol. The molecule has 140 valence electrons. The summed E-state index contributed by atoms with van der Waals surface area (Å²) in [5.74, 6) is 1.57. The Hall–Kier alpha value is -2.79. The van der Waals surface area contributed by atoms with Crippen molar-refractivity contribution in [2.45, 2.75) is 32.9 Å².